The van der Waals surface area contributed by atoms with Crippen molar-refractivity contribution in [3.05, 3.63) is 152 Å². The predicted octanol–water partition coefficient (Wildman–Crippen LogP) is 12.2. The van der Waals surface area contributed by atoms with E-state index in [4.69, 9.17) is 4.42 Å². The van der Waals surface area contributed by atoms with Crippen molar-refractivity contribution in [2.24, 2.45) is 0 Å². The van der Waals surface area contributed by atoms with Gasteiger partial charge in [-0.2, -0.15) is 0 Å². The maximum atomic E-state index is 6.25. The van der Waals surface area contributed by atoms with Gasteiger partial charge in [0.1, 0.15) is 11.2 Å². The van der Waals surface area contributed by atoms with Gasteiger partial charge in [0.2, 0.25) is 0 Å². The molecule has 3 heteroatoms. The van der Waals surface area contributed by atoms with E-state index in [-0.39, 0.29) is 0 Å². The number of fused-ring (bicyclic) bond motifs is 8. The Labute approximate surface area is 252 Å². The summed E-state index contributed by atoms with van der Waals surface area (Å²) in [7, 11) is 0. The van der Waals surface area contributed by atoms with Crippen LogP contribution in [0.1, 0.15) is 0 Å². The largest absolute Gasteiger partial charge is 0.456 e. The third-order valence-electron chi connectivity index (χ3n) is 8.46. The zero-order valence-corrected chi connectivity index (χ0v) is 24.0. The number of hydrogen-bond acceptors (Lipinski definition) is 3. The molecule has 0 spiro atoms. The fourth-order valence-electron chi connectivity index (χ4n) is 6.43. The first kappa shape index (κ1) is 24.2. The van der Waals surface area contributed by atoms with Crippen molar-refractivity contribution < 1.29 is 4.42 Å². The van der Waals surface area contributed by atoms with Crippen LogP contribution >= 0.6 is 11.3 Å². The van der Waals surface area contributed by atoms with Crippen molar-refractivity contribution in [2.45, 2.75) is 0 Å². The van der Waals surface area contributed by atoms with Gasteiger partial charge in [-0.05, 0) is 76.5 Å². The molecule has 9 rings (SSSR count). The van der Waals surface area contributed by atoms with E-state index in [1.807, 2.05) is 23.5 Å². The van der Waals surface area contributed by atoms with Crippen LogP contribution < -0.4 is 4.90 Å². The monoisotopic (exact) mass is 567 g/mol. The van der Waals surface area contributed by atoms with E-state index >= 15 is 0 Å². The van der Waals surface area contributed by atoms with E-state index in [0.29, 0.717) is 0 Å². The number of hydrogen-bond donors (Lipinski definition) is 0. The van der Waals surface area contributed by atoms with E-state index in [1.54, 1.807) is 0 Å². The van der Waals surface area contributed by atoms with Crippen molar-refractivity contribution in [3.8, 4) is 11.1 Å². The first-order valence-electron chi connectivity index (χ1n) is 14.5. The lowest BCUT2D eigenvalue weighted by Gasteiger charge is -2.26. The molecule has 0 atom stereocenters. The highest BCUT2D eigenvalue weighted by atomic mass is 32.1. The van der Waals surface area contributed by atoms with Gasteiger partial charge in [-0.1, -0.05) is 97.1 Å². The molecule has 7 aromatic carbocycles. The van der Waals surface area contributed by atoms with E-state index in [9.17, 15) is 0 Å². The zero-order chi connectivity index (χ0) is 28.3. The molecule has 0 saturated carbocycles. The molecule has 43 heavy (non-hydrogen) atoms. The summed E-state index contributed by atoms with van der Waals surface area (Å²) in [4.78, 5) is 2.33. The minimum atomic E-state index is 0.889. The standard InChI is InChI=1S/C40H25NOS/c1-2-10-29(11-3-1)41(35-14-8-16-37-39(35)33-13-6-7-15-36(33)42-37)30-21-17-26(18-22-30)28-20-24-38-34(25-28)32-23-19-27-9-4-5-12-31(27)40(32)43-38/h1-25H. The molecule has 0 aliphatic rings. The summed E-state index contributed by atoms with van der Waals surface area (Å²) >= 11 is 1.88. The van der Waals surface area contributed by atoms with Crippen molar-refractivity contribution >= 4 is 81.3 Å². The molecule has 2 aromatic heterocycles. The Balaban J connectivity index is 1.17. The second-order valence-corrected chi connectivity index (χ2v) is 12.0. The molecule has 0 aliphatic carbocycles. The summed E-state index contributed by atoms with van der Waals surface area (Å²) in [6.45, 7) is 0. The van der Waals surface area contributed by atoms with Crippen LogP contribution in [0.4, 0.5) is 17.1 Å². The van der Waals surface area contributed by atoms with Gasteiger partial charge in [-0.15, -0.1) is 11.3 Å². The molecule has 0 amide bonds. The molecular formula is C40H25NOS. The minimum Gasteiger partial charge on any atom is -0.456 e. The van der Waals surface area contributed by atoms with Gasteiger partial charge in [-0.3, -0.25) is 0 Å². The highest BCUT2D eigenvalue weighted by Crippen LogP contribution is 2.44. The first-order valence-corrected chi connectivity index (χ1v) is 15.3. The van der Waals surface area contributed by atoms with Gasteiger partial charge in [0.15, 0.2) is 0 Å². The Morgan fingerprint density at radius 2 is 1.19 bits per heavy atom. The lowest BCUT2D eigenvalue weighted by molar-refractivity contribution is 0.669. The number of thiophene rings is 1. The molecule has 0 bridgehead atoms. The summed E-state index contributed by atoms with van der Waals surface area (Å²) in [6.07, 6.45) is 0. The number of para-hydroxylation sites is 2. The summed E-state index contributed by atoms with van der Waals surface area (Å²) < 4.78 is 8.93. The number of furan rings is 1. The summed E-state index contributed by atoms with van der Waals surface area (Å²) in [5.74, 6) is 0. The summed E-state index contributed by atoms with van der Waals surface area (Å²) in [6, 6.07) is 54.2. The average molecular weight is 568 g/mol. The van der Waals surface area contributed by atoms with Crippen molar-refractivity contribution in [2.75, 3.05) is 4.90 Å². The van der Waals surface area contributed by atoms with E-state index in [1.165, 1.54) is 42.1 Å². The summed E-state index contributed by atoms with van der Waals surface area (Å²) in [5, 5.41) is 7.50. The van der Waals surface area contributed by atoms with Crippen LogP contribution in [0.5, 0.6) is 0 Å². The van der Waals surface area contributed by atoms with Gasteiger partial charge in [0.05, 0.1) is 11.1 Å². The van der Waals surface area contributed by atoms with E-state index in [0.717, 1.165) is 39.0 Å². The molecule has 0 unspecified atom stereocenters. The van der Waals surface area contributed by atoms with E-state index in [2.05, 4.69) is 144 Å². The fraction of sp³-hybridized carbons (Fsp3) is 0. The van der Waals surface area contributed by atoms with Crippen molar-refractivity contribution in [1.82, 2.24) is 0 Å². The average Bonchev–Trinajstić information content (AvgIpc) is 3.64. The first-order chi connectivity index (χ1) is 21.3. The quantitative estimate of drug-likeness (QED) is 0.210. The van der Waals surface area contributed by atoms with Gasteiger partial charge < -0.3 is 9.32 Å². The molecule has 2 heterocycles. The SMILES string of the molecule is c1ccc(N(c2ccc(-c3ccc4sc5c6ccccc6ccc5c4c3)cc2)c2cccc3oc4ccccc4c23)cc1. The molecule has 0 radical (unpaired) electrons. The molecule has 9 aromatic rings. The summed E-state index contributed by atoms with van der Waals surface area (Å²) in [5.41, 5.74) is 7.51. The number of anilines is 3. The van der Waals surface area contributed by atoms with Crippen LogP contribution in [-0.2, 0) is 0 Å². The van der Waals surface area contributed by atoms with Crippen LogP contribution in [0.3, 0.4) is 0 Å². The minimum absolute atomic E-state index is 0.889. The highest BCUT2D eigenvalue weighted by Gasteiger charge is 2.19. The highest BCUT2D eigenvalue weighted by molar-refractivity contribution is 7.26. The second-order valence-electron chi connectivity index (χ2n) is 10.9. The number of rotatable bonds is 4. The van der Waals surface area contributed by atoms with Gasteiger partial charge in [0, 0.05) is 36.9 Å². The van der Waals surface area contributed by atoms with Crippen LogP contribution in [-0.4, -0.2) is 0 Å². The lowest BCUT2D eigenvalue weighted by atomic mass is 10.0. The van der Waals surface area contributed by atoms with Crippen molar-refractivity contribution in [3.63, 3.8) is 0 Å². The molecular weight excluding hydrogens is 543 g/mol. The Bertz CT molecular complexity index is 2450. The third kappa shape index (κ3) is 3.86. The maximum absolute atomic E-state index is 6.25. The second kappa shape index (κ2) is 9.59. The molecule has 0 saturated heterocycles. The Hall–Kier alpha value is -5.38. The third-order valence-corrected chi connectivity index (χ3v) is 9.68. The van der Waals surface area contributed by atoms with Crippen LogP contribution in [0.2, 0.25) is 0 Å². The normalized spacial score (nSPS) is 11.7. The Morgan fingerprint density at radius 3 is 2.07 bits per heavy atom. The van der Waals surface area contributed by atoms with E-state index < -0.39 is 0 Å². The Kier molecular flexibility index (Phi) is 5.40. The zero-order valence-electron chi connectivity index (χ0n) is 23.2. The predicted molar refractivity (Wildman–Crippen MR) is 184 cm³/mol. The van der Waals surface area contributed by atoms with Crippen LogP contribution in [0.15, 0.2) is 156 Å². The molecule has 0 fully saturated rings. The smallest absolute Gasteiger partial charge is 0.137 e. The molecule has 0 N–H and O–H groups in total. The lowest BCUT2D eigenvalue weighted by Crippen LogP contribution is -2.10. The maximum Gasteiger partial charge on any atom is 0.137 e. The van der Waals surface area contributed by atoms with Gasteiger partial charge in [0.25, 0.3) is 0 Å². The molecule has 2 nitrogen and oxygen atoms in total. The molecule has 0 aliphatic heterocycles. The van der Waals surface area contributed by atoms with Gasteiger partial charge >= 0.3 is 0 Å². The topological polar surface area (TPSA) is 16.4 Å². The number of benzene rings is 7. The fourth-order valence-corrected chi connectivity index (χ4v) is 7.65. The Morgan fingerprint density at radius 1 is 0.465 bits per heavy atom. The van der Waals surface area contributed by atoms with Crippen LogP contribution in [0, 0.1) is 0 Å². The van der Waals surface area contributed by atoms with Gasteiger partial charge in [-0.25, -0.2) is 0 Å². The van der Waals surface area contributed by atoms with Crippen molar-refractivity contribution in [1.29, 1.82) is 0 Å². The van der Waals surface area contributed by atoms with Crippen LogP contribution in [0.25, 0.3) is 64.0 Å². The molecule has 202 valence electrons. The number of nitrogens with zero attached hydrogens (tertiary/aromatic N) is 1.